The molecule has 3 atom stereocenters. The summed E-state index contributed by atoms with van der Waals surface area (Å²) >= 11 is 0. The fourth-order valence-electron chi connectivity index (χ4n) is 3.90. The number of sulfonamides is 1. The van der Waals surface area contributed by atoms with Crippen LogP contribution in [0.1, 0.15) is 12.8 Å². The average Bonchev–Trinajstić information content (AvgIpc) is 2.74. The number of carbonyl (C=O) groups is 1. The standard InChI is InChI=1S/C20H22N4O6S/c25-20(22-14-6-2-1-3-7-14)21-12-15-10-11-16-18(30-15)13-23(16)31(28,29)19-9-5-4-8-17(19)24(26)27/h1-9,15-16,18H,10-13H2,(H2,21,22,25)/t15-,16+,18+/m0/s1. The molecule has 0 unspecified atom stereocenters. The van der Waals surface area contributed by atoms with Crippen molar-refractivity contribution in [2.45, 2.75) is 36.0 Å². The van der Waals surface area contributed by atoms with Crippen LogP contribution in [0.25, 0.3) is 0 Å². The summed E-state index contributed by atoms with van der Waals surface area (Å²) in [6, 6.07) is 13.7. The van der Waals surface area contributed by atoms with E-state index in [4.69, 9.17) is 4.74 Å². The number of nitro groups is 1. The van der Waals surface area contributed by atoms with Crippen molar-refractivity contribution in [2.24, 2.45) is 0 Å². The number of anilines is 1. The van der Waals surface area contributed by atoms with Gasteiger partial charge in [-0.3, -0.25) is 10.1 Å². The summed E-state index contributed by atoms with van der Waals surface area (Å²) in [7, 11) is -3.99. The maximum atomic E-state index is 13.0. The number of benzene rings is 2. The molecule has 0 bridgehead atoms. The number of hydrogen-bond donors (Lipinski definition) is 2. The van der Waals surface area contributed by atoms with Crippen LogP contribution in [-0.4, -0.2) is 55.0 Å². The minimum atomic E-state index is -3.99. The van der Waals surface area contributed by atoms with E-state index in [2.05, 4.69) is 10.6 Å². The smallest absolute Gasteiger partial charge is 0.319 e. The van der Waals surface area contributed by atoms with Gasteiger partial charge < -0.3 is 15.4 Å². The van der Waals surface area contributed by atoms with Crippen LogP contribution in [0.3, 0.4) is 0 Å². The van der Waals surface area contributed by atoms with Gasteiger partial charge in [0.1, 0.15) is 0 Å². The number of rotatable bonds is 6. The van der Waals surface area contributed by atoms with Gasteiger partial charge in [0.05, 0.1) is 23.2 Å². The van der Waals surface area contributed by atoms with Gasteiger partial charge in [0.25, 0.3) is 5.69 Å². The number of nitrogens with zero attached hydrogens (tertiary/aromatic N) is 2. The highest BCUT2D eigenvalue weighted by Gasteiger charge is 2.51. The molecule has 2 saturated heterocycles. The van der Waals surface area contributed by atoms with Crippen LogP contribution >= 0.6 is 0 Å². The van der Waals surface area contributed by atoms with Gasteiger partial charge in [0.2, 0.25) is 10.0 Å². The SMILES string of the molecule is O=C(NC[C@@H]1CC[C@@H]2[C@@H](CN2S(=O)(=O)c2ccccc2[N+](=O)[O-])O1)Nc1ccccc1. The van der Waals surface area contributed by atoms with E-state index in [9.17, 15) is 23.3 Å². The molecular weight excluding hydrogens is 424 g/mol. The quantitative estimate of drug-likeness (QED) is 0.517. The predicted octanol–water partition coefficient (Wildman–Crippen LogP) is 2.34. The van der Waals surface area contributed by atoms with Crippen LogP contribution < -0.4 is 10.6 Å². The topological polar surface area (TPSA) is 131 Å². The number of nitro benzene ring substituents is 1. The van der Waals surface area contributed by atoms with Crippen molar-refractivity contribution in [3.63, 3.8) is 0 Å². The summed E-state index contributed by atoms with van der Waals surface area (Å²) in [6.07, 6.45) is 0.598. The van der Waals surface area contributed by atoms with Gasteiger partial charge in [-0.2, -0.15) is 4.31 Å². The Balaban J connectivity index is 1.32. The molecule has 2 aliphatic rings. The zero-order chi connectivity index (χ0) is 22.0. The Morgan fingerprint density at radius 2 is 1.84 bits per heavy atom. The Kier molecular flexibility index (Phi) is 5.90. The van der Waals surface area contributed by atoms with E-state index < -0.39 is 20.6 Å². The van der Waals surface area contributed by atoms with Gasteiger partial charge in [0.15, 0.2) is 4.90 Å². The van der Waals surface area contributed by atoms with Crippen LogP contribution in [0.2, 0.25) is 0 Å². The molecular formula is C20H22N4O6S. The summed E-state index contributed by atoms with van der Waals surface area (Å²) in [5.41, 5.74) is 0.244. The largest absolute Gasteiger partial charge is 0.370 e. The Morgan fingerprint density at radius 3 is 2.55 bits per heavy atom. The van der Waals surface area contributed by atoms with E-state index in [1.807, 2.05) is 18.2 Å². The second-order valence-electron chi connectivity index (χ2n) is 7.44. The first-order valence-electron chi connectivity index (χ1n) is 9.87. The fourth-order valence-corrected chi connectivity index (χ4v) is 5.75. The van der Waals surface area contributed by atoms with Gasteiger partial charge in [-0.1, -0.05) is 30.3 Å². The molecule has 2 amide bonds. The molecule has 0 aromatic heterocycles. The van der Waals surface area contributed by atoms with Crippen molar-refractivity contribution in [3.8, 4) is 0 Å². The van der Waals surface area contributed by atoms with E-state index >= 15 is 0 Å². The zero-order valence-corrected chi connectivity index (χ0v) is 17.3. The Morgan fingerprint density at radius 1 is 1.13 bits per heavy atom. The van der Waals surface area contributed by atoms with Gasteiger partial charge in [0, 0.05) is 24.8 Å². The van der Waals surface area contributed by atoms with Gasteiger partial charge >= 0.3 is 6.03 Å². The monoisotopic (exact) mass is 446 g/mol. The van der Waals surface area contributed by atoms with Crippen molar-refractivity contribution >= 4 is 27.4 Å². The number of ether oxygens (including phenoxy) is 1. The normalized spacial score (nSPS) is 23.3. The first kappa shape index (κ1) is 21.2. The highest BCUT2D eigenvalue weighted by Crippen LogP contribution is 2.38. The molecule has 0 radical (unpaired) electrons. The Hall–Kier alpha value is -3.02. The number of urea groups is 1. The summed E-state index contributed by atoms with van der Waals surface area (Å²) in [5, 5.41) is 16.7. The second kappa shape index (κ2) is 8.61. The molecule has 2 heterocycles. The first-order chi connectivity index (χ1) is 14.9. The molecule has 164 valence electrons. The number of amides is 2. The molecule has 2 N–H and O–H groups in total. The number of hydrogen-bond acceptors (Lipinski definition) is 6. The van der Waals surface area contributed by atoms with Gasteiger partial charge in [-0.05, 0) is 31.0 Å². The first-order valence-corrected chi connectivity index (χ1v) is 11.3. The summed E-state index contributed by atoms with van der Waals surface area (Å²) < 4.78 is 33.1. The van der Waals surface area contributed by atoms with Crippen LogP contribution in [0, 0.1) is 10.1 Å². The van der Waals surface area contributed by atoms with Crippen molar-refractivity contribution in [1.29, 1.82) is 0 Å². The minimum Gasteiger partial charge on any atom is -0.370 e. The minimum absolute atomic E-state index is 0.131. The van der Waals surface area contributed by atoms with E-state index in [0.29, 0.717) is 25.1 Å². The van der Waals surface area contributed by atoms with E-state index in [0.717, 1.165) is 0 Å². The van der Waals surface area contributed by atoms with Gasteiger partial charge in [-0.15, -0.1) is 0 Å². The lowest BCUT2D eigenvalue weighted by Crippen LogP contribution is -2.66. The molecule has 10 nitrogen and oxygen atoms in total. The average molecular weight is 446 g/mol. The lowest BCUT2D eigenvalue weighted by molar-refractivity contribution is -0.387. The summed E-state index contributed by atoms with van der Waals surface area (Å²) in [4.78, 5) is 22.2. The lowest BCUT2D eigenvalue weighted by atomic mass is 9.92. The third kappa shape index (κ3) is 4.38. The molecule has 2 aromatic carbocycles. The van der Waals surface area contributed by atoms with Crippen LogP contribution in [-0.2, 0) is 14.8 Å². The van der Waals surface area contributed by atoms with Gasteiger partial charge in [-0.25, -0.2) is 13.2 Å². The predicted molar refractivity (Wildman–Crippen MR) is 112 cm³/mol. The number of nitrogens with one attached hydrogen (secondary N) is 2. The number of para-hydroxylation sites is 2. The lowest BCUT2D eigenvalue weighted by Gasteiger charge is -2.50. The van der Waals surface area contributed by atoms with Crippen LogP contribution in [0.5, 0.6) is 0 Å². The Labute approximate surface area is 179 Å². The molecule has 0 saturated carbocycles. The van der Waals surface area contributed by atoms with Crippen molar-refractivity contribution in [1.82, 2.24) is 9.62 Å². The third-order valence-electron chi connectivity index (χ3n) is 5.48. The molecule has 2 aromatic rings. The highest BCUT2D eigenvalue weighted by atomic mass is 32.2. The zero-order valence-electron chi connectivity index (χ0n) is 16.5. The summed E-state index contributed by atoms with van der Waals surface area (Å²) in [6.45, 7) is 0.435. The molecule has 2 aliphatic heterocycles. The molecule has 2 fully saturated rings. The fraction of sp³-hybridized carbons (Fsp3) is 0.350. The maximum absolute atomic E-state index is 13.0. The van der Waals surface area contributed by atoms with Crippen molar-refractivity contribution in [2.75, 3.05) is 18.4 Å². The maximum Gasteiger partial charge on any atom is 0.319 e. The van der Waals surface area contributed by atoms with Crippen LogP contribution in [0.15, 0.2) is 59.5 Å². The molecule has 31 heavy (non-hydrogen) atoms. The second-order valence-corrected chi connectivity index (χ2v) is 9.30. The Bertz CT molecular complexity index is 1080. The number of fused-ring (bicyclic) bond motifs is 1. The molecule has 4 rings (SSSR count). The van der Waals surface area contributed by atoms with E-state index in [1.165, 1.54) is 28.6 Å². The summed E-state index contributed by atoms with van der Waals surface area (Å²) in [5.74, 6) is 0. The molecule has 0 spiro atoms. The van der Waals surface area contributed by atoms with E-state index in [1.54, 1.807) is 12.1 Å². The van der Waals surface area contributed by atoms with Crippen molar-refractivity contribution < 1.29 is 22.9 Å². The van der Waals surface area contributed by atoms with Crippen molar-refractivity contribution in [3.05, 3.63) is 64.7 Å². The molecule has 0 aliphatic carbocycles. The third-order valence-corrected chi connectivity index (χ3v) is 7.42. The highest BCUT2D eigenvalue weighted by molar-refractivity contribution is 7.89. The van der Waals surface area contributed by atoms with E-state index in [-0.39, 0.29) is 35.7 Å². The molecule has 11 heteroatoms. The van der Waals surface area contributed by atoms with Crippen LogP contribution in [0.4, 0.5) is 16.2 Å². The number of carbonyl (C=O) groups excluding carboxylic acids is 1.